The highest BCUT2D eigenvalue weighted by Gasteiger charge is 2.15. The molecule has 3 rings (SSSR count). The van der Waals surface area contributed by atoms with Gasteiger partial charge in [-0.05, 0) is 55.7 Å². The SMILES string of the molecule is Cc1nn(-c2ccc(CCCl)cc2)c(C)c1-c1cccc(C#N)c1. The average molecular weight is 336 g/mol. The predicted molar refractivity (Wildman–Crippen MR) is 97.6 cm³/mol. The number of alkyl halides is 1. The van der Waals surface area contributed by atoms with Crippen LogP contribution in [0.4, 0.5) is 0 Å². The van der Waals surface area contributed by atoms with Crippen LogP contribution in [0.15, 0.2) is 48.5 Å². The van der Waals surface area contributed by atoms with Crippen molar-refractivity contribution >= 4 is 11.6 Å². The van der Waals surface area contributed by atoms with Crippen molar-refractivity contribution in [2.45, 2.75) is 20.3 Å². The average Bonchev–Trinajstić information content (AvgIpc) is 2.90. The van der Waals surface area contributed by atoms with Crippen LogP contribution >= 0.6 is 11.6 Å². The fourth-order valence-corrected chi connectivity index (χ4v) is 3.19. The molecule has 0 radical (unpaired) electrons. The van der Waals surface area contributed by atoms with E-state index in [-0.39, 0.29) is 0 Å². The Morgan fingerprint density at radius 3 is 2.54 bits per heavy atom. The van der Waals surface area contributed by atoms with Crippen LogP contribution in [0.2, 0.25) is 0 Å². The van der Waals surface area contributed by atoms with E-state index in [2.05, 4.69) is 37.3 Å². The van der Waals surface area contributed by atoms with Gasteiger partial charge in [0, 0.05) is 17.1 Å². The molecule has 0 aliphatic rings. The number of aromatic nitrogens is 2. The largest absolute Gasteiger partial charge is 0.237 e. The smallest absolute Gasteiger partial charge is 0.0991 e. The highest BCUT2D eigenvalue weighted by atomic mass is 35.5. The summed E-state index contributed by atoms with van der Waals surface area (Å²) in [5.41, 5.74) is 7.02. The number of rotatable bonds is 4. The molecular weight excluding hydrogens is 318 g/mol. The second-order valence-corrected chi connectivity index (χ2v) is 6.13. The number of aryl methyl sites for hydroxylation is 2. The van der Waals surface area contributed by atoms with Crippen molar-refractivity contribution in [1.29, 1.82) is 5.26 Å². The van der Waals surface area contributed by atoms with Crippen molar-refractivity contribution in [1.82, 2.24) is 9.78 Å². The normalized spacial score (nSPS) is 10.6. The molecule has 3 nitrogen and oxygen atoms in total. The number of halogens is 1. The first kappa shape index (κ1) is 16.3. The van der Waals surface area contributed by atoms with Crippen molar-refractivity contribution in [3.63, 3.8) is 0 Å². The Morgan fingerprint density at radius 1 is 1.12 bits per heavy atom. The first-order valence-corrected chi connectivity index (χ1v) is 8.39. The molecule has 1 aromatic heterocycles. The van der Waals surface area contributed by atoms with E-state index in [1.54, 1.807) is 0 Å². The standard InChI is InChI=1S/C20H18ClN3/c1-14-20(18-5-3-4-17(12-18)13-22)15(2)24(23-14)19-8-6-16(7-9-19)10-11-21/h3-9,12H,10-11H2,1-2H3. The lowest BCUT2D eigenvalue weighted by Crippen LogP contribution is -1.99. The van der Waals surface area contributed by atoms with Gasteiger partial charge in [-0.3, -0.25) is 0 Å². The summed E-state index contributed by atoms with van der Waals surface area (Å²) in [6.45, 7) is 4.06. The van der Waals surface area contributed by atoms with Crippen LogP contribution < -0.4 is 0 Å². The van der Waals surface area contributed by atoms with Crippen LogP contribution in [-0.2, 0) is 6.42 Å². The predicted octanol–water partition coefficient (Wildman–Crippen LogP) is 4.81. The van der Waals surface area contributed by atoms with Gasteiger partial charge in [-0.25, -0.2) is 4.68 Å². The molecule has 0 N–H and O–H groups in total. The summed E-state index contributed by atoms with van der Waals surface area (Å²) < 4.78 is 1.95. The van der Waals surface area contributed by atoms with Crippen LogP contribution in [0.1, 0.15) is 22.5 Å². The quantitative estimate of drug-likeness (QED) is 0.642. The summed E-state index contributed by atoms with van der Waals surface area (Å²) in [6.07, 6.45) is 0.866. The third-order valence-electron chi connectivity index (χ3n) is 4.14. The lowest BCUT2D eigenvalue weighted by Gasteiger charge is -2.07. The van der Waals surface area contributed by atoms with E-state index in [1.165, 1.54) is 5.56 Å². The second kappa shape index (κ2) is 6.90. The maximum Gasteiger partial charge on any atom is 0.0991 e. The van der Waals surface area contributed by atoms with Crippen molar-refractivity contribution in [2.24, 2.45) is 0 Å². The zero-order valence-electron chi connectivity index (χ0n) is 13.8. The number of hydrogen-bond acceptors (Lipinski definition) is 2. The molecule has 1 heterocycles. The summed E-state index contributed by atoms with van der Waals surface area (Å²) in [5, 5.41) is 13.8. The van der Waals surface area contributed by atoms with Crippen molar-refractivity contribution in [2.75, 3.05) is 5.88 Å². The third kappa shape index (κ3) is 3.06. The Kier molecular flexibility index (Phi) is 4.69. The van der Waals surface area contributed by atoms with Crippen LogP contribution in [0.3, 0.4) is 0 Å². The van der Waals surface area contributed by atoms with E-state index in [9.17, 15) is 0 Å². The van der Waals surface area contributed by atoms with Gasteiger partial charge in [-0.15, -0.1) is 11.6 Å². The summed E-state index contributed by atoms with van der Waals surface area (Å²) in [4.78, 5) is 0. The molecule has 0 bridgehead atoms. The summed E-state index contributed by atoms with van der Waals surface area (Å²) in [5.74, 6) is 0.624. The third-order valence-corrected chi connectivity index (χ3v) is 4.32. The minimum absolute atomic E-state index is 0.624. The minimum Gasteiger partial charge on any atom is -0.237 e. The molecule has 0 aliphatic carbocycles. The van der Waals surface area contributed by atoms with E-state index in [0.717, 1.165) is 34.6 Å². The highest BCUT2D eigenvalue weighted by Crippen LogP contribution is 2.29. The molecule has 2 aromatic carbocycles. The molecule has 3 aromatic rings. The van der Waals surface area contributed by atoms with Crippen LogP contribution in [0.5, 0.6) is 0 Å². The van der Waals surface area contributed by atoms with Crippen molar-refractivity contribution in [3.8, 4) is 22.9 Å². The Hall–Kier alpha value is -2.57. The Morgan fingerprint density at radius 2 is 1.88 bits per heavy atom. The Balaban J connectivity index is 2.04. The molecule has 0 saturated carbocycles. The Labute approximate surface area is 147 Å². The van der Waals surface area contributed by atoms with E-state index >= 15 is 0 Å². The van der Waals surface area contributed by atoms with Gasteiger partial charge in [0.1, 0.15) is 0 Å². The van der Waals surface area contributed by atoms with E-state index in [1.807, 2.05) is 35.9 Å². The zero-order chi connectivity index (χ0) is 17.1. The van der Waals surface area contributed by atoms with Gasteiger partial charge in [0.05, 0.1) is 23.0 Å². The molecule has 0 atom stereocenters. The van der Waals surface area contributed by atoms with Gasteiger partial charge in [-0.2, -0.15) is 10.4 Å². The number of hydrogen-bond donors (Lipinski definition) is 0. The van der Waals surface area contributed by atoms with E-state index in [0.29, 0.717) is 11.4 Å². The van der Waals surface area contributed by atoms with Gasteiger partial charge < -0.3 is 0 Å². The maximum absolute atomic E-state index is 9.12. The molecular formula is C20H18ClN3. The van der Waals surface area contributed by atoms with Gasteiger partial charge in [0.25, 0.3) is 0 Å². The second-order valence-electron chi connectivity index (χ2n) is 5.76. The van der Waals surface area contributed by atoms with Gasteiger partial charge in [-0.1, -0.05) is 24.3 Å². The number of nitrogens with zero attached hydrogens (tertiary/aromatic N) is 3. The first-order valence-electron chi connectivity index (χ1n) is 7.86. The lowest BCUT2D eigenvalue weighted by molar-refractivity contribution is 0.833. The van der Waals surface area contributed by atoms with Crippen LogP contribution in [-0.4, -0.2) is 15.7 Å². The van der Waals surface area contributed by atoms with E-state index in [4.69, 9.17) is 22.0 Å². The van der Waals surface area contributed by atoms with Crippen LogP contribution in [0, 0.1) is 25.2 Å². The maximum atomic E-state index is 9.12. The van der Waals surface area contributed by atoms with Crippen LogP contribution in [0.25, 0.3) is 16.8 Å². The highest BCUT2D eigenvalue weighted by molar-refractivity contribution is 6.17. The molecule has 0 amide bonds. The molecule has 0 saturated heterocycles. The molecule has 120 valence electrons. The molecule has 24 heavy (non-hydrogen) atoms. The minimum atomic E-state index is 0.624. The first-order chi connectivity index (χ1) is 11.6. The Bertz CT molecular complexity index is 902. The van der Waals surface area contributed by atoms with Gasteiger partial charge in [0.15, 0.2) is 0 Å². The van der Waals surface area contributed by atoms with Gasteiger partial charge in [0.2, 0.25) is 0 Å². The number of benzene rings is 2. The van der Waals surface area contributed by atoms with Gasteiger partial charge >= 0.3 is 0 Å². The summed E-state index contributed by atoms with van der Waals surface area (Å²) in [6, 6.07) is 18.2. The fourth-order valence-electron chi connectivity index (χ4n) is 2.97. The molecule has 0 unspecified atom stereocenters. The topological polar surface area (TPSA) is 41.6 Å². The van der Waals surface area contributed by atoms with Crippen molar-refractivity contribution < 1.29 is 0 Å². The summed E-state index contributed by atoms with van der Waals surface area (Å²) >= 11 is 5.79. The molecule has 4 heteroatoms. The fraction of sp³-hybridized carbons (Fsp3) is 0.200. The summed E-state index contributed by atoms with van der Waals surface area (Å²) in [7, 11) is 0. The number of nitriles is 1. The molecule has 0 aliphatic heterocycles. The zero-order valence-corrected chi connectivity index (χ0v) is 14.5. The monoisotopic (exact) mass is 335 g/mol. The lowest BCUT2D eigenvalue weighted by atomic mass is 10.0. The van der Waals surface area contributed by atoms with E-state index < -0.39 is 0 Å². The molecule has 0 spiro atoms. The van der Waals surface area contributed by atoms with Crippen molar-refractivity contribution in [3.05, 3.63) is 71.0 Å². The molecule has 0 fully saturated rings.